The zero-order valence-electron chi connectivity index (χ0n) is 7.49. The normalized spacial score (nSPS) is 9.57. The Morgan fingerprint density at radius 1 is 1.57 bits per heavy atom. The summed E-state index contributed by atoms with van der Waals surface area (Å²) in [5.74, 6) is -0.899. The fourth-order valence-electron chi connectivity index (χ4n) is 0.881. The minimum atomic E-state index is -0.567. The fourth-order valence-corrected chi connectivity index (χ4v) is 1.06. The molecule has 0 bridgehead atoms. The van der Waals surface area contributed by atoms with Crippen LogP contribution in [0.15, 0.2) is 18.3 Å². The average Bonchev–Trinajstić information content (AvgIpc) is 2.17. The molecule has 0 saturated heterocycles. The van der Waals surface area contributed by atoms with Gasteiger partial charge in [-0.15, -0.1) is 0 Å². The van der Waals surface area contributed by atoms with E-state index in [1.54, 1.807) is 0 Å². The molecule has 0 spiro atoms. The van der Waals surface area contributed by atoms with E-state index in [0.29, 0.717) is 5.56 Å². The number of esters is 1. The Kier molecular flexibility index (Phi) is 3.59. The molecule has 0 amide bonds. The van der Waals surface area contributed by atoms with Gasteiger partial charge in [-0.1, -0.05) is 11.6 Å². The van der Waals surface area contributed by atoms with Crippen molar-refractivity contribution in [3.05, 3.63) is 29.0 Å². The molecule has 0 fully saturated rings. The van der Waals surface area contributed by atoms with E-state index >= 15 is 0 Å². The Morgan fingerprint density at radius 3 is 2.86 bits per heavy atom. The molecule has 14 heavy (non-hydrogen) atoms. The van der Waals surface area contributed by atoms with Gasteiger partial charge >= 0.3 is 5.97 Å². The number of ketones is 1. The minimum absolute atomic E-state index is 0.223. The summed E-state index contributed by atoms with van der Waals surface area (Å²) >= 11 is 5.58. The number of hydrogen-bond donors (Lipinski definition) is 0. The first-order valence-electron chi connectivity index (χ1n) is 3.85. The van der Waals surface area contributed by atoms with Gasteiger partial charge in [-0.2, -0.15) is 0 Å². The second-order valence-electron chi connectivity index (χ2n) is 2.54. The molecule has 1 rings (SSSR count). The lowest BCUT2D eigenvalue weighted by Gasteiger charge is -1.99. The molecule has 0 atom stereocenters. The number of pyridine rings is 1. The summed E-state index contributed by atoms with van der Waals surface area (Å²) < 4.78 is 4.36. The lowest BCUT2D eigenvalue weighted by molar-refractivity contribution is -0.139. The molecule has 1 heterocycles. The molecule has 1 aromatic heterocycles. The Morgan fingerprint density at radius 2 is 2.29 bits per heavy atom. The van der Waals surface area contributed by atoms with Gasteiger partial charge in [0.15, 0.2) is 5.78 Å². The second kappa shape index (κ2) is 4.72. The molecule has 0 aromatic carbocycles. The topological polar surface area (TPSA) is 56.3 Å². The van der Waals surface area contributed by atoms with E-state index in [4.69, 9.17) is 11.6 Å². The summed E-state index contributed by atoms with van der Waals surface area (Å²) in [5, 5.41) is 0.223. The zero-order chi connectivity index (χ0) is 10.6. The number of aromatic nitrogens is 1. The number of hydrogen-bond acceptors (Lipinski definition) is 4. The number of methoxy groups -OCH3 is 1. The van der Waals surface area contributed by atoms with Crippen LogP contribution >= 0.6 is 11.6 Å². The summed E-state index contributed by atoms with van der Waals surface area (Å²) in [5.41, 5.74) is 0.357. The summed E-state index contributed by atoms with van der Waals surface area (Å²) in [6.45, 7) is 0. The van der Waals surface area contributed by atoms with Crippen molar-refractivity contribution in [2.45, 2.75) is 6.42 Å². The SMILES string of the molecule is COC(=O)CC(=O)c1ccnc(Cl)c1. The van der Waals surface area contributed by atoms with Crippen LogP contribution in [0.25, 0.3) is 0 Å². The largest absolute Gasteiger partial charge is 0.469 e. The molecule has 74 valence electrons. The standard InChI is InChI=1S/C9H8ClNO3/c1-14-9(13)5-7(12)6-2-3-11-8(10)4-6/h2-4H,5H2,1H3. The number of Topliss-reactive ketones (excluding diaryl/α,β-unsaturated/α-hetero) is 1. The molecule has 1 aromatic rings. The second-order valence-corrected chi connectivity index (χ2v) is 2.93. The first-order valence-corrected chi connectivity index (χ1v) is 4.23. The average molecular weight is 214 g/mol. The van der Waals surface area contributed by atoms with E-state index in [0.717, 1.165) is 0 Å². The summed E-state index contributed by atoms with van der Waals surface area (Å²) in [6, 6.07) is 2.91. The van der Waals surface area contributed by atoms with Crippen LogP contribution in [0.2, 0.25) is 5.15 Å². The number of carbonyl (C=O) groups excluding carboxylic acids is 2. The van der Waals surface area contributed by atoms with Crippen molar-refractivity contribution in [1.82, 2.24) is 4.98 Å². The zero-order valence-corrected chi connectivity index (χ0v) is 8.25. The summed E-state index contributed by atoms with van der Waals surface area (Å²) in [6.07, 6.45) is 1.13. The molecule has 0 saturated carbocycles. The van der Waals surface area contributed by atoms with Crippen LogP contribution in [0, 0.1) is 0 Å². The van der Waals surface area contributed by atoms with Gasteiger partial charge in [0.2, 0.25) is 0 Å². The lowest BCUT2D eigenvalue weighted by atomic mass is 10.1. The van der Waals surface area contributed by atoms with Crippen molar-refractivity contribution in [2.24, 2.45) is 0 Å². The predicted octanol–water partition coefficient (Wildman–Crippen LogP) is 1.48. The maximum Gasteiger partial charge on any atom is 0.313 e. The molecule has 5 heteroatoms. The number of nitrogens with zero attached hydrogens (tertiary/aromatic N) is 1. The highest BCUT2D eigenvalue weighted by molar-refractivity contribution is 6.29. The van der Waals surface area contributed by atoms with Crippen molar-refractivity contribution in [3.63, 3.8) is 0 Å². The van der Waals surface area contributed by atoms with Crippen molar-refractivity contribution in [3.8, 4) is 0 Å². The van der Waals surface area contributed by atoms with Gasteiger partial charge in [0.1, 0.15) is 11.6 Å². The van der Waals surface area contributed by atoms with Crippen molar-refractivity contribution in [2.75, 3.05) is 7.11 Å². The van der Waals surface area contributed by atoms with Gasteiger partial charge in [-0.3, -0.25) is 9.59 Å². The molecule has 0 unspecified atom stereocenters. The van der Waals surface area contributed by atoms with E-state index < -0.39 is 5.97 Å². The van der Waals surface area contributed by atoms with E-state index in [2.05, 4.69) is 9.72 Å². The molecule has 0 aliphatic carbocycles. The molecule has 0 N–H and O–H groups in total. The van der Waals surface area contributed by atoms with Crippen LogP contribution in [0.5, 0.6) is 0 Å². The van der Waals surface area contributed by atoms with Gasteiger partial charge in [-0.25, -0.2) is 4.98 Å². The summed E-state index contributed by atoms with van der Waals surface area (Å²) in [4.78, 5) is 25.9. The third-order valence-corrected chi connectivity index (χ3v) is 1.79. The number of carbonyl (C=O) groups is 2. The van der Waals surface area contributed by atoms with Crippen LogP contribution in [0.4, 0.5) is 0 Å². The molecule has 0 radical (unpaired) electrons. The molecular weight excluding hydrogens is 206 g/mol. The van der Waals surface area contributed by atoms with Gasteiger partial charge in [0, 0.05) is 11.8 Å². The van der Waals surface area contributed by atoms with Crippen LogP contribution in [-0.4, -0.2) is 23.8 Å². The van der Waals surface area contributed by atoms with Crippen LogP contribution in [0.1, 0.15) is 16.8 Å². The highest BCUT2D eigenvalue weighted by Crippen LogP contribution is 2.09. The van der Waals surface area contributed by atoms with Gasteiger partial charge in [0.05, 0.1) is 7.11 Å². The van der Waals surface area contributed by atoms with Gasteiger partial charge in [-0.05, 0) is 12.1 Å². The number of rotatable bonds is 3. The Labute approximate surface area is 85.9 Å². The lowest BCUT2D eigenvalue weighted by Crippen LogP contribution is -2.09. The quantitative estimate of drug-likeness (QED) is 0.330. The van der Waals surface area contributed by atoms with E-state index in [1.165, 1.54) is 25.4 Å². The molecule has 0 aliphatic rings. The predicted molar refractivity (Wildman–Crippen MR) is 50.2 cm³/mol. The highest BCUT2D eigenvalue weighted by Gasteiger charge is 2.12. The molecule has 0 aliphatic heterocycles. The van der Waals surface area contributed by atoms with Crippen molar-refractivity contribution >= 4 is 23.4 Å². The maximum atomic E-state index is 11.4. The van der Waals surface area contributed by atoms with Crippen LogP contribution < -0.4 is 0 Å². The number of ether oxygens (including phenoxy) is 1. The fraction of sp³-hybridized carbons (Fsp3) is 0.222. The van der Waals surface area contributed by atoms with E-state index in [9.17, 15) is 9.59 Å². The first kappa shape index (κ1) is 10.7. The monoisotopic (exact) mass is 213 g/mol. The van der Waals surface area contributed by atoms with Gasteiger partial charge in [0.25, 0.3) is 0 Å². The van der Waals surface area contributed by atoms with Crippen molar-refractivity contribution < 1.29 is 14.3 Å². The highest BCUT2D eigenvalue weighted by atomic mass is 35.5. The maximum absolute atomic E-state index is 11.4. The smallest absolute Gasteiger partial charge is 0.313 e. The molecule has 4 nitrogen and oxygen atoms in total. The third-order valence-electron chi connectivity index (χ3n) is 1.58. The minimum Gasteiger partial charge on any atom is -0.469 e. The van der Waals surface area contributed by atoms with Crippen molar-refractivity contribution in [1.29, 1.82) is 0 Å². The summed E-state index contributed by atoms with van der Waals surface area (Å²) in [7, 11) is 1.23. The Hall–Kier alpha value is -1.42. The third kappa shape index (κ3) is 2.81. The Balaban J connectivity index is 2.75. The molecular formula is C9H8ClNO3. The van der Waals surface area contributed by atoms with Gasteiger partial charge < -0.3 is 4.74 Å². The van der Waals surface area contributed by atoms with E-state index in [-0.39, 0.29) is 17.4 Å². The number of halogens is 1. The first-order chi connectivity index (χ1) is 6.63. The van der Waals surface area contributed by atoms with E-state index in [1.807, 2.05) is 0 Å². The Bertz CT molecular complexity index is 365. The van der Waals surface area contributed by atoms with Crippen LogP contribution in [-0.2, 0) is 9.53 Å². The van der Waals surface area contributed by atoms with Crippen LogP contribution in [0.3, 0.4) is 0 Å².